The van der Waals surface area contributed by atoms with Gasteiger partial charge in [0.2, 0.25) is 15.9 Å². The highest BCUT2D eigenvalue weighted by molar-refractivity contribution is 7.89. The maximum atomic E-state index is 13.9. The average Bonchev–Trinajstić information content (AvgIpc) is 3.04. The molecule has 1 aliphatic heterocycles. The van der Waals surface area contributed by atoms with Gasteiger partial charge in [-0.1, -0.05) is 72.8 Å². The van der Waals surface area contributed by atoms with Crippen LogP contribution in [0.2, 0.25) is 0 Å². The van der Waals surface area contributed by atoms with Gasteiger partial charge in [0, 0.05) is 44.3 Å². The van der Waals surface area contributed by atoms with E-state index in [0.29, 0.717) is 50.4 Å². The van der Waals surface area contributed by atoms with Crippen LogP contribution in [0.1, 0.15) is 30.5 Å². The molecule has 4 aromatic carbocycles. The van der Waals surface area contributed by atoms with Crippen molar-refractivity contribution in [3.05, 3.63) is 114 Å². The number of sulfonamides is 1. The van der Waals surface area contributed by atoms with Crippen LogP contribution in [-0.2, 0) is 21.2 Å². The lowest BCUT2D eigenvalue weighted by atomic mass is 10.1. The lowest BCUT2D eigenvalue weighted by Crippen LogP contribution is -2.47. The molecule has 224 valence electrons. The minimum Gasteiger partial charge on any atom is -0.495 e. The summed E-state index contributed by atoms with van der Waals surface area (Å²) in [6, 6.07) is 31.9. The molecule has 0 spiro atoms. The molecular weight excluding hydrogens is 560 g/mol. The third kappa shape index (κ3) is 7.55. The molecular formula is C34H38N4O4S. The summed E-state index contributed by atoms with van der Waals surface area (Å²) in [5.74, 6) is 0.640. The largest absolute Gasteiger partial charge is 0.495 e. The zero-order valence-corrected chi connectivity index (χ0v) is 25.4. The second-order valence-electron chi connectivity index (χ2n) is 10.6. The molecule has 0 aliphatic carbocycles. The molecule has 1 heterocycles. The predicted octanol–water partition coefficient (Wildman–Crippen LogP) is 5.63. The highest BCUT2D eigenvalue weighted by Crippen LogP contribution is 2.33. The van der Waals surface area contributed by atoms with Crippen molar-refractivity contribution in [2.75, 3.05) is 48.4 Å². The highest BCUT2D eigenvalue weighted by atomic mass is 32.2. The van der Waals surface area contributed by atoms with E-state index < -0.39 is 16.1 Å². The van der Waals surface area contributed by atoms with E-state index >= 15 is 0 Å². The number of amides is 1. The maximum Gasteiger partial charge on any atom is 0.243 e. The zero-order chi connectivity index (χ0) is 30.2. The first kappa shape index (κ1) is 30.1. The molecule has 0 aromatic heterocycles. The number of piperazine rings is 1. The van der Waals surface area contributed by atoms with Gasteiger partial charge in [-0.15, -0.1) is 0 Å². The number of hydrogen-bond donors (Lipinski definition) is 2. The van der Waals surface area contributed by atoms with Crippen LogP contribution in [0.3, 0.4) is 0 Å². The number of rotatable bonds is 11. The minimum atomic E-state index is -3.95. The van der Waals surface area contributed by atoms with Crippen molar-refractivity contribution in [2.24, 2.45) is 0 Å². The summed E-state index contributed by atoms with van der Waals surface area (Å²) < 4.78 is 36.2. The molecule has 5 rings (SSSR count). The molecule has 2 N–H and O–H groups in total. The summed E-state index contributed by atoms with van der Waals surface area (Å²) in [6.07, 6.45) is 0.893. The number of carbonyl (C=O) groups is 1. The number of aryl methyl sites for hydroxylation is 1. The third-order valence-corrected chi connectivity index (χ3v) is 9.26. The van der Waals surface area contributed by atoms with E-state index in [2.05, 4.69) is 19.8 Å². The van der Waals surface area contributed by atoms with Crippen LogP contribution < -0.4 is 24.6 Å². The highest BCUT2D eigenvalue weighted by Gasteiger charge is 2.28. The molecule has 1 atom stereocenters. The first-order valence-corrected chi connectivity index (χ1v) is 16.0. The molecule has 0 bridgehead atoms. The second-order valence-corrected chi connectivity index (χ2v) is 12.3. The fourth-order valence-corrected chi connectivity index (χ4v) is 6.86. The number of anilines is 3. The molecule has 8 nitrogen and oxygen atoms in total. The standard InChI is InChI=1S/C34H38N4O4S/c1-26(28-13-7-4-8-14-28)36-43(40,41)33-25-29(35-34(39)20-17-27-11-5-3-6-12-27)18-19-31(33)38-23-21-37(22-24-38)30-15-9-10-16-32(30)42-2/h3-16,18-19,25-26,36H,17,20-24H2,1-2H3,(H,35,39). The molecule has 1 aliphatic rings. The Morgan fingerprint density at radius 3 is 2.09 bits per heavy atom. The van der Waals surface area contributed by atoms with Gasteiger partial charge in [0.25, 0.3) is 0 Å². The van der Waals surface area contributed by atoms with E-state index in [4.69, 9.17) is 4.74 Å². The van der Waals surface area contributed by atoms with Crippen molar-refractivity contribution >= 4 is 33.0 Å². The first-order chi connectivity index (χ1) is 20.8. The number of ether oxygens (including phenoxy) is 1. The predicted molar refractivity (Wildman–Crippen MR) is 172 cm³/mol. The van der Waals surface area contributed by atoms with Gasteiger partial charge in [0.05, 0.1) is 18.5 Å². The van der Waals surface area contributed by atoms with Crippen molar-refractivity contribution < 1.29 is 17.9 Å². The van der Waals surface area contributed by atoms with Crippen LogP contribution in [0.4, 0.5) is 17.1 Å². The molecule has 1 unspecified atom stereocenters. The van der Waals surface area contributed by atoms with E-state index in [0.717, 1.165) is 22.6 Å². The number of para-hydroxylation sites is 2. The van der Waals surface area contributed by atoms with E-state index in [-0.39, 0.29) is 10.8 Å². The first-order valence-electron chi connectivity index (χ1n) is 14.5. The minimum absolute atomic E-state index is 0.141. The Bertz CT molecular complexity index is 1620. The number of benzene rings is 4. The molecule has 1 saturated heterocycles. The number of methoxy groups -OCH3 is 1. The Balaban J connectivity index is 1.37. The maximum absolute atomic E-state index is 13.9. The van der Waals surface area contributed by atoms with Gasteiger partial charge in [0.1, 0.15) is 10.6 Å². The lowest BCUT2D eigenvalue weighted by molar-refractivity contribution is -0.116. The van der Waals surface area contributed by atoms with Gasteiger partial charge >= 0.3 is 0 Å². The summed E-state index contributed by atoms with van der Waals surface area (Å²) >= 11 is 0. The summed E-state index contributed by atoms with van der Waals surface area (Å²) in [4.78, 5) is 17.3. The Hall–Kier alpha value is -4.34. The van der Waals surface area contributed by atoms with Crippen LogP contribution in [0, 0.1) is 0 Å². The van der Waals surface area contributed by atoms with Gasteiger partial charge in [-0.05, 0) is 54.8 Å². The second kappa shape index (κ2) is 13.8. The molecule has 0 radical (unpaired) electrons. The molecule has 1 amide bonds. The van der Waals surface area contributed by atoms with Crippen molar-refractivity contribution in [3.63, 3.8) is 0 Å². The summed E-state index contributed by atoms with van der Waals surface area (Å²) in [5.41, 5.74) is 4.01. The van der Waals surface area contributed by atoms with Gasteiger partial charge in [-0.25, -0.2) is 13.1 Å². The fraction of sp³-hybridized carbons (Fsp3) is 0.265. The van der Waals surface area contributed by atoms with E-state index in [1.807, 2.05) is 91.9 Å². The van der Waals surface area contributed by atoms with Gasteiger partial charge in [0.15, 0.2) is 0 Å². The summed E-state index contributed by atoms with van der Waals surface area (Å²) in [7, 11) is -2.29. The van der Waals surface area contributed by atoms with E-state index in [9.17, 15) is 13.2 Å². The van der Waals surface area contributed by atoms with Crippen LogP contribution in [-0.4, -0.2) is 47.6 Å². The Kier molecular flexibility index (Phi) is 9.64. The molecule has 0 saturated carbocycles. The van der Waals surface area contributed by atoms with Gasteiger partial charge in [-0.3, -0.25) is 4.79 Å². The van der Waals surface area contributed by atoms with Crippen molar-refractivity contribution in [1.29, 1.82) is 0 Å². The van der Waals surface area contributed by atoms with Crippen LogP contribution in [0.15, 0.2) is 108 Å². The SMILES string of the molecule is COc1ccccc1N1CCN(c2ccc(NC(=O)CCc3ccccc3)cc2S(=O)(=O)NC(C)c2ccccc2)CC1. The van der Waals surface area contributed by atoms with Crippen molar-refractivity contribution in [2.45, 2.75) is 30.7 Å². The van der Waals surface area contributed by atoms with Crippen LogP contribution in [0.5, 0.6) is 5.75 Å². The molecule has 1 fully saturated rings. The quantitative estimate of drug-likeness (QED) is 0.233. The number of carbonyl (C=O) groups excluding carboxylic acids is 1. The zero-order valence-electron chi connectivity index (χ0n) is 24.6. The van der Waals surface area contributed by atoms with Gasteiger partial charge in [-0.2, -0.15) is 0 Å². The Morgan fingerprint density at radius 2 is 1.42 bits per heavy atom. The number of hydrogen-bond acceptors (Lipinski definition) is 6. The molecule has 43 heavy (non-hydrogen) atoms. The van der Waals surface area contributed by atoms with E-state index in [1.165, 1.54) is 0 Å². The number of nitrogens with zero attached hydrogens (tertiary/aromatic N) is 2. The van der Waals surface area contributed by atoms with Gasteiger partial charge < -0.3 is 19.9 Å². The third-order valence-electron chi connectivity index (χ3n) is 7.69. The van der Waals surface area contributed by atoms with Crippen molar-refractivity contribution in [3.8, 4) is 5.75 Å². The average molecular weight is 599 g/mol. The fourth-order valence-electron chi connectivity index (χ4n) is 5.38. The smallest absolute Gasteiger partial charge is 0.243 e. The topological polar surface area (TPSA) is 91.0 Å². The van der Waals surface area contributed by atoms with Crippen LogP contribution in [0.25, 0.3) is 0 Å². The van der Waals surface area contributed by atoms with Crippen molar-refractivity contribution in [1.82, 2.24) is 4.72 Å². The number of nitrogens with one attached hydrogen (secondary N) is 2. The molecule has 9 heteroatoms. The normalized spacial score (nSPS) is 14.3. The Labute approximate surface area is 254 Å². The summed E-state index contributed by atoms with van der Waals surface area (Å²) in [5, 5.41) is 2.91. The van der Waals surface area contributed by atoms with E-state index in [1.54, 1.807) is 25.3 Å². The Morgan fingerprint density at radius 1 is 0.814 bits per heavy atom. The lowest BCUT2D eigenvalue weighted by Gasteiger charge is -2.38. The van der Waals surface area contributed by atoms with Crippen LogP contribution >= 0.6 is 0 Å². The molecule has 4 aromatic rings. The summed E-state index contributed by atoms with van der Waals surface area (Å²) in [6.45, 7) is 4.47. The monoisotopic (exact) mass is 598 g/mol.